The molecule has 0 bridgehead atoms. The second-order valence-electron chi connectivity index (χ2n) is 9.64. The van der Waals surface area contributed by atoms with Crippen molar-refractivity contribution >= 4 is 8.60 Å². The Balaban J connectivity index is 2.47. The molecule has 174 valence electrons. The quantitative estimate of drug-likeness (QED) is 0.179. The highest BCUT2D eigenvalue weighted by Crippen LogP contribution is 2.34. The van der Waals surface area contributed by atoms with E-state index in [1.54, 1.807) is 0 Å². The summed E-state index contributed by atoms with van der Waals surface area (Å²) in [4.78, 5) is 18.7. The van der Waals surface area contributed by atoms with E-state index < -0.39 is 8.60 Å². The molecular weight excluding hydrogens is 391 g/mol. The Bertz CT molecular complexity index is 543. The summed E-state index contributed by atoms with van der Waals surface area (Å²) in [6.45, 7) is 9.18. The summed E-state index contributed by atoms with van der Waals surface area (Å²) >= 11 is 0. The molecule has 2 N–H and O–H groups in total. The van der Waals surface area contributed by atoms with E-state index in [1.165, 1.54) is 81.8 Å². The van der Waals surface area contributed by atoms with Crippen LogP contribution in [0.25, 0.3) is 0 Å². The third kappa shape index (κ3) is 13.6. The molecule has 0 saturated carbocycles. The van der Waals surface area contributed by atoms with Crippen molar-refractivity contribution in [1.82, 2.24) is 0 Å². The molecule has 1 aromatic rings. The van der Waals surface area contributed by atoms with Gasteiger partial charge in [-0.1, -0.05) is 104 Å². The third-order valence-corrected chi connectivity index (χ3v) is 6.21. The van der Waals surface area contributed by atoms with Gasteiger partial charge in [0.2, 0.25) is 0 Å². The smallest absolute Gasteiger partial charge is 0.391 e. The molecule has 0 fully saturated rings. The Morgan fingerprint density at radius 2 is 1.20 bits per heavy atom. The highest BCUT2D eigenvalue weighted by Gasteiger charge is 2.13. The summed E-state index contributed by atoms with van der Waals surface area (Å²) in [5.74, 6) is 2.29. The molecule has 0 aliphatic heterocycles. The number of hydrogen-bond donors (Lipinski definition) is 2. The van der Waals surface area contributed by atoms with Crippen LogP contribution in [-0.4, -0.2) is 9.79 Å². The topological polar surface area (TPSA) is 49.7 Å². The first-order valence-electron chi connectivity index (χ1n) is 12.4. The van der Waals surface area contributed by atoms with Gasteiger partial charge in [-0.25, -0.2) is 0 Å². The highest BCUT2D eigenvalue weighted by atomic mass is 31.2. The normalized spacial score (nSPS) is 11.8. The standard InChI is InChI=1S/C26H47O3P/c1-22(2)16-11-7-5-9-13-18-24-19-15-21-26(29-30(27)28)25(24)20-14-10-6-8-12-17-23(3)4/h15,19,21-23,27-28H,5-14,16-18,20H2,1-4H3. The van der Waals surface area contributed by atoms with E-state index in [9.17, 15) is 9.79 Å². The number of hydrogen-bond acceptors (Lipinski definition) is 3. The van der Waals surface area contributed by atoms with Crippen LogP contribution in [0.15, 0.2) is 18.2 Å². The maximum atomic E-state index is 9.37. The van der Waals surface area contributed by atoms with Crippen molar-refractivity contribution in [3.05, 3.63) is 29.3 Å². The Kier molecular flexibility index (Phi) is 15.5. The van der Waals surface area contributed by atoms with Crippen molar-refractivity contribution in [2.75, 3.05) is 0 Å². The number of benzene rings is 1. The van der Waals surface area contributed by atoms with Gasteiger partial charge in [-0.05, 0) is 54.7 Å². The van der Waals surface area contributed by atoms with Crippen LogP contribution < -0.4 is 4.52 Å². The average molecular weight is 439 g/mol. The molecule has 30 heavy (non-hydrogen) atoms. The van der Waals surface area contributed by atoms with Crippen LogP contribution in [0.5, 0.6) is 5.75 Å². The Morgan fingerprint density at radius 3 is 1.73 bits per heavy atom. The molecule has 0 spiro atoms. The lowest BCUT2D eigenvalue weighted by molar-refractivity contribution is 0.373. The van der Waals surface area contributed by atoms with Gasteiger partial charge >= 0.3 is 8.60 Å². The van der Waals surface area contributed by atoms with Crippen LogP contribution in [0.2, 0.25) is 0 Å². The minimum atomic E-state index is -2.37. The summed E-state index contributed by atoms with van der Waals surface area (Å²) in [5.41, 5.74) is 2.52. The number of aryl methyl sites for hydroxylation is 1. The van der Waals surface area contributed by atoms with E-state index in [2.05, 4.69) is 33.8 Å². The lowest BCUT2D eigenvalue weighted by Gasteiger charge is -2.16. The van der Waals surface area contributed by atoms with Gasteiger partial charge in [0.1, 0.15) is 5.75 Å². The van der Waals surface area contributed by atoms with Crippen molar-refractivity contribution < 1.29 is 14.3 Å². The fourth-order valence-corrected chi connectivity index (χ4v) is 4.43. The molecule has 0 aromatic heterocycles. The van der Waals surface area contributed by atoms with Gasteiger partial charge in [-0.3, -0.25) is 0 Å². The molecule has 0 unspecified atom stereocenters. The van der Waals surface area contributed by atoms with Crippen LogP contribution in [0.3, 0.4) is 0 Å². The van der Waals surface area contributed by atoms with Crippen molar-refractivity contribution in [1.29, 1.82) is 0 Å². The van der Waals surface area contributed by atoms with Gasteiger partial charge in [0, 0.05) is 0 Å². The maximum absolute atomic E-state index is 9.37. The van der Waals surface area contributed by atoms with Crippen LogP contribution in [0.1, 0.15) is 116 Å². The molecule has 0 aliphatic rings. The van der Waals surface area contributed by atoms with Crippen molar-refractivity contribution in [2.24, 2.45) is 11.8 Å². The van der Waals surface area contributed by atoms with Gasteiger partial charge in [0.15, 0.2) is 0 Å². The summed E-state index contributed by atoms with van der Waals surface area (Å²) in [6, 6.07) is 6.07. The van der Waals surface area contributed by atoms with E-state index in [0.717, 1.165) is 31.1 Å². The molecule has 0 aliphatic carbocycles. The van der Waals surface area contributed by atoms with E-state index in [4.69, 9.17) is 4.52 Å². The van der Waals surface area contributed by atoms with Gasteiger partial charge < -0.3 is 14.3 Å². The molecule has 0 saturated heterocycles. The molecular formula is C26H47O3P. The van der Waals surface area contributed by atoms with Crippen LogP contribution in [0, 0.1) is 11.8 Å². The summed E-state index contributed by atoms with van der Waals surface area (Å²) in [6.07, 6.45) is 17.5. The van der Waals surface area contributed by atoms with Gasteiger partial charge in [0.05, 0.1) is 0 Å². The Hall–Kier alpha value is -0.630. The SMILES string of the molecule is CC(C)CCCCCCCc1cccc(OP(O)O)c1CCCCCCCC(C)C. The zero-order valence-corrected chi connectivity index (χ0v) is 20.9. The first kappa shape index (κ1) is 27.4. The van der Waals surface area contributed by atoms with E-state index in [1.807, 2.05) is 12.1 Å². The summed E-state index contributed by atoms with van der Waals surface area (Å²) in [5, 5.41) is 0. The Morgan fingerprint density at radius 1 is 0.700 bits per heavy atom. The zero-order valence-electron chi connectivity index (χ0n) is 20.0. The van der Waals surface area contributed by atoms with E-state index in [0.29, 0.717) is 5.75 Å². The first-order valence-corrected chi connectivity index (χ1v) is 13.5. The lowest BCUT2D eigenvalue weighted by atomic mass is 9.95. The van der Waals surface area contributed by atoms with Gasteiger partial charge in [0.25, 0.3) is 0 Å². The highest BCUT2D eigenvalue weighted by molar-refractivity contribution is 7.39. The molecule has 1 rings (SSSR count). The first-order chi connectivity index (χ1) is 14.4. The maximum Gasteiger partial charge on any atom is 0.391 e. The predicted octanol–water partition coefficient (Wildman–Crippen LogP) is 8.36. The van der Waals surface area contributed by atoms with Crippen LogP contribution >= 0.6 is 8.60 Å². The number of rotatable bonds is 18. The van der Waals surface area contributed by atoms with Crippen LogP contribution in [-0.2, 0) is 12.8 Å². The molecule has 1 aromatic carbocycles. The summed E-state index contributed by atoms with van der Waals surface area (Å²) < 4.78 is 5.37. The number of unbranched alkanes of at least 4 members (excludes halogenated alkanes) is 8. The second-order valence-corrected chi connectivity index (χ2v) is 10.3. The van der Waals surface area contributed by atoms with E-state index >= 15 is 0 Å². The Labute approximate surface area is 187 Å². The predicted molar refractivity (Wildman–Crippen MR) is 131 cm³/mol. The summed E-state index contributed by atoms with van der Waals surface area (Å²) in [7, 11) is -2.37. The monoisotopic (exact) mass is 438 g/mol. The third-order valence-electron chi connectivity index (χ3n) is 5.85. The molecule has 3 nitrogen and oxygen atoms in total. The van der Waals surface area contributed by atoms with Crippen molar-refractivity contribution in [3.8, 4) is 5.75 Å². The largest absolute Gasteiger partial charge is 0.427 e. The van der Waals surface area contributed by atoms with Crippen molar-refractivity contribution in [3.63, 3.8) is 0 Å². The minimum Gasteiger partial charge on any atom is -0.427 e. The lowest BCUT2D eigenvalue weighted by Crippen LogP contribution is -2.00. The van der Waals surface area contributed by atoms with Gasteiger partial charge in [-0.15, -0.1) is 0 Å². The van der Waals surface area contributed by atoms with Crippen molar-refractivity contribution in [2.45, 2.75) is 118 Å². The fraction of sp³-hybridized carbons (Fsp3) is 0.769. The minimum absolute atomic E-state index is 0.667. The second kappa shape index (κ2) is 17.0. The van der Waals surface area contributed by atoms with E-state index in [-0.39, 0.29) is 0 Å². The fourth-order valence-electron chi connectivity index (χ4n) is 4.09. The molecule has 0 atom stereocenters. The molecule has 4 heteroatoms. The zero-order chi connectivity index (χ0) is 22.2. The van der Waals surface area contributed by atoms with Crippen LogP contribution in [0.4, 0.5) is 0 Å². The molecule has 0 heterocycles. The average Bonchev–Trinajstić information content (AvgIpc) is 2.67. The van der Waals surface area contributed by atoms with Gasteiger partial charge in [-0.2, -0.15) is 0 Å². The molecule has 0 amide bonds. The molecule has 0 radical (unpaired) electrons.